The number of aryl methyl sites for hydroxylation is 2. The van der Waals surface area contributed by atoms with Crippen molar-refractivity contribution in [3.8, 4) is 0 Å². The standard InChI is InChI=1S/C9H15BrN6S/c1-3-16-6(7(10)5(2)15-16)4-17-9(13)14-8(11)12/h3-4H2,1-2H3,(H5,11,12,13,14). The molecule has 8 heteroatoms. The van der Waals surface area contributed by atoms with E-state index in [0.29, 0.717) is 5.75 Å². The molecule has 0 radical (unpaired) electrons. The van der Waals surface area contributed by atoms with E-state index in [-0.39, 0.29) is 11.1 Å². The van der Waals surface area contributed by atoms with E-state index in [9.17, 15) is 0 Å². The molecule has 0 atom stereocenters. The number of nitrogens with zero attached hydrogens (tertiary/aromatic N) is 3. The van der Waals surface area contributed by atoms with Crippen LogP contribution >= 0.6 is 27.7 Å². The molecule has 0 aliphatic rings. The fraction of sp³-hybridized carbons (Fsp3) is 0.444. The summed E-state index contributed by atoms with van der Waals surface area (Å²) in [4.78, 5) is 3.66. The summed E-state index contributed by atoms with van der Waals surface area (Å²) in [6.45, 7) is 4.75. The summed E-state index contributed by atoms with van der Waals surface area (Å²) in [6, 6.07) is 0. The predicted molar refractivity (Wildman–Crippen MR) is 75.2 cm³/mol. The van der Waals surface area contributed by atoms with Crippen LogP contribution in [-0.4, -0.2) is 20.9 Å². The van der Waals surface area contributed by atoms with E-state index in [4.69, 9.17) is 16.9 Å². The molecular weight excluding hydrogens is 304 g/mol. The molecule has 0 amide bonds. The molecule has 0 aliphatic heterocycles. The highest BCUT2D eigenvalue weighted by Gasteiger charge is 2.12. The maximum atomic E-state index is 7.54. The summed E-state index contributed by atoms with van der Waals surface area (Å²) in [5, 5.41) is 12.0. The Morgan fingerprint density at radius 2 is 2.24 bits per heavy atom. The van der Waals surface area contributed by atoms with Crippen LogP contribution in [0.25, 0.3) is 0 Å². The average molecular weight is 319 g/mol. The van der Waals surface area contributed by atoms with Crippen LogP contribution in [0.5, 0.6) is 0 Å². The fourth-order valence-corrected chi connectivity index (χ4v) is 2.64. The van der Waals surface area contributed by atoms with Gasteiger partial charge in [0.15, 0.2) is 11.1 Å². The molecular formula is C9H15BrN6S. The summed E-state index contributed by atoms with van der Waals surface area (Å²) >= 11 is 4.75. The van der Waals surface area contributed by atoms with Gasteiger partial charge in [-0.15, -0.1) is 0 Å². The third kappa shape index (κ3) is 3.74. The number of thioether (sulfide) groups is 1. The molecule has 0 saturated heterocycles. The van der Waals surface area contributed by atoms with Gasteiger partial charge >= 0.3 is 0 Å². The predicted octanol–water partition coefficient (Wildman–Crippen LogP) is 1.42. The van der Waals surface area contributed by atoms with Crippen molar-refractivity contribution in [3.05, 3.63) is 15.9 Å². The molecule has 1 rings (SSSR count). The minimum atomic E-state index is -0.0956. The lowest BCUT2D eigenvalue weighted by Gasteiger charge is -2.04. The smallest absolute Gasteiger partial charge is 0.193 e. The topological polar surface area (TPSA) is 106 Å². The molecule has 17 heavy (non-hydrogen) atoms. The van der Waals surface area contributed by atoms with E-state index >= 15 is 0 Å². The molecule has 0 spiro atoms. The van der Waals surface area contributed by atoms with Gasteiger partial charge in [0.1, 0.15) is 0 Å². The summed E-state index contributed by atoms with van der Waals surface area (Å²) < 4.78 is 2.87. The number of hydrogen-bond acceptors (Lipinski definition) is 3. The van der Waals surface area contributed by atoms with Gasteiger partial charge < -0.3 is 11.5 Å². The minimum Gasteiger partial charge on any atom is -0.370 e. The van der Waals surface area contributed by atoms with Gasteiger partial charge in [0.25, 0.3) is 0 Å². The van der Waals surface area contributed by atoms with Crippen LogP contribution in [0, 0.1) is 12.3 Å². The van der Waals surface area contributed by atoms with Gasteiger partial charge in [0, 0.05) is 12.3 Å². The molecule has 1 aromatic rings. The molecule has 0 fully saturated rings. The van der Waals surface area contributed by atoms with E-state index < -0.39 is 0 Å². The zero-order valence-electron chi connectivity index (χ0n) is 9.70. The van der Waals surface area contributed by atoms with E-state index in [1.165, 1.54) is 11.8 Å². The number of aliphatic imine (C=N–C) groups is 1. The lowest BCUT2D eigenvalue weighted by Crippen LogP contribution is -2.23. The second-order valence-corrected chi connectivity index (χ2v) is 5.05. The molecule has 6 nitrogen and oxygen atoms in total. The first kappa shape index (κ1) is 14.0. The van der Waals surface area contributed by atoms with Crippen molar-refractivity contribution in [2.45, 2.75) is 26.1 Å². The minimum absolute atomic E-state index is 0.0956. The Labute approximate surface area is 112 Å². The monoisotopic (exact) mass is 318 g/mol. The average Bonchev–Trinajstić information content (AvgIpc) is 2.51. The van der Waals surface area contributed by atoms with Gasteiger partial charge in [-0.05, 0) is 29.8 Å². The van der Waals surface area contributed by atoms with Crippen molar-refractivity contribution in [2.24, 2.45) is 16.5 Å². The fourth-order valence-electron chi connectivity index (χ4n) is 1.29. The van der Waals surface area contributed by atoms with Crippen molar-refractivity contribution in [3.63, 3.8) is 0 Å². The molecule has 0 saturated carbocycles. The summed E-state index contributed by atoms with van der Waals surface area (Å²) in [6.07, 6.45) is 0. The van der Waals surface area contributed by atoms with Gasteiger partial charge in [-0.3, -0.25) is 10.1 Å². The second kappa shape index (κ2) is 6.06. The first-order chi connectivity index (χ1) is 7.95. The van der Waals surface area contributed by atoms with E-state index in [0.717, 1.165) is 22.4 Å². The van der Waals surface area contributed by atoms with Gasteiger partial charge in [0.05, 0.1) is 15.9 Å². The van der Waals surface area contributed by atoms with Crippen molar-refractivity contribution >= 4 is 38.8 Å². The van der Waals surface area contributed by atoms with E-state index in [1.807, 2.05) is 18.5 Å². The first-order valence-electron chi connectivity index (χ1n) is 4.98. The number of hydrogen-bond donors (Lipinski definition) is 3. The SMILES string of the molecule is CCn1nc(C)c(Br)c1CSC(=N)N=C(N)N. The van der Waals surface area contributed by atoms with Crippen LogP contribution < -0.4 is 11.5 Å². The largest absolute Gasteiger partial charge is 0.370 e. The first-order valence-corrected chi connectivity index (χ1v) is 6.76. The lowest BCUT2D eigenvalue weighted by molar-refractivity contribution is 0.631. The van der Waals surface area contributed by atoms with Gasteiger partial charge in [-0.2, -0.15) is 10.1 Å². The van der Waals surface area contributed by atoms with Crippen LogP contribution in [0.3, 0.4) is 0 Å². The summed E-state index contributed by atoms with van der Waals surface area (Å²) in [7, 11) is 0. The quantitative estimate of drug-likeness (QED) is 0.578. The Balaban J connectivity index is 2.75. The zero-order chi connectivity index (χ0) is 13.0. The number of halogens is 1. The second-order valence-electron chi connectivity index (χ2n) is 3.29. The molecule has 94 valence electrons. The third-order valence-electron chi connectivity index (χ3n) is 2.03. The Morgan fingerprint density at radius 1 is 1.59 bits per heavy atom. The number of rotatable bonds is 3. The highest BCUT2D eigenvalue weighted by atomic mass is 79.9. The third-order valence-corrected chi connectivity index (χ3v) is 3.84. The zero-order valence-corrected chi connectivity index (χ0v) is 12.1. The maximum Gasteiger partial charge on any atom is 0.193 e. The summed E-state index contributed by atoms with van der Waals surface area (Å²) in [5.41, 5.74) is 12.4. The molecule has 0 aliphatic carbocycles. The molecule has 5 N–H and O–H groups in total. The summed E-state index contributed by atoms with van der Waals surface area (Å²) in [5.74, 6) is 0.506. The van der Waals surface area contributed by atoms with Gasteiger partial charge in [-0.25, -0.2) is 0 Å². The molecule has 0 unspecified atom stereocenters. The molecule has 1 heterocycles. The Bertz CT molecular complexity index is 449. The molecule has 1 aromatic heterocycles. The van der Waals surface area contributed by atoms with E-state index in [1.54, 1.807) is 0 Å². The Morgan fingerprint density at radius 3 is 2.76 bits per heavy atom. The van der Waals surface area contributed by atoms with Crippen molar-refractivity contribution in [2.75, 3.05) is 0 Å². The Hall–Kier alpha value is -1.02. The van der Waals surface area contributed by atoms with Gasteiger partial charge in [0.2, 0.25) is 0 Å². The number of aromatic nitrogens is 2. The van der Waals surface area contributed by atoms with Crippen molar-refractivity contribution < 1.29 is 0 Å². The maximum absolute atomic E-state index is 7.54. The number of amidine groups is 1. The number of nitrogens with two attached hydrogens (primary N) is 2. The molecule has 0 aromatic carbocycles. The van der Waals surface area contributed by atoms with Gasteiger partial charge in [-0.1, -0.05) is 11.8 Å². The Kier molecular flexibility index (Phi) is 5.01. The van der Waals surface area contributed by atoms with Crippen molar-refractivity contribution in [1.29, 1.82) is 5.41 Å². The van der Waals surface area contributed by atoms with E-state index in [2.05, 4.69) is 26.0 Å². The highest BCUT2D eigenvalue weighted by molar-refractivity contribution is 9.10. The van der Waals surface area contributed by atoms with Crippen LogP contribution in [0.4, 0.5) is 0 Å². The van der Waals surface area contributed by atoms with Crippen LogP contribution in [0.2, 0.25) is 0 Å². The normalized spacial score (nSPS) is 10.3. The van der Waals surface area contributed by atoms with Crippen molar-refractivity contribution in [1.82, 2.24) is 9.78 Å². The number of guanidine groups is 1. The van der Waals surface area contributed by atoms with Crippen LogP contribution in [0.1, 0.15) is 18.3 Å². The highest BCUT2D eigenvalue weighted by Crippen LogP contribution is 2.25. The lowest BCUT2D eigenvalue weighted by atomic mass is 10.4. The van der Waals surface area contributed by atoms with Crippen LogP contribution in [0.15, 0.2) is 9.47 Å². The number of nitrogens with one attached hydrogen (secondary N) is 1. The van der Waals surface area contributed by atoms with Crippen LogP contribution in [-0.2, 0) is 12.3 Å². The molecule has 0 bridgehead atoms.